The molecule has 1 aromatic carbocycles. The van der Waals surface area contributed by atoms with Gasteiger partial charge in [0, 0.05) is 6.42 Å². The van der Waals surface area contributed by atoms with Crippen molar-refractivity contribution in [1.82, 2.24) is 0 Å². The molecule has 0 fully saturated rings. The Morgan fingerprint density at radius 1 is 1.42 bits per heavy atom. The number of anilines is 1. The summed E-state index contributed by atoms with van der Waals surface area (Å²) in [5, 5.41) is 4.07. The first-order valence-electron chi connectivity index (χ1n) is 6.86. The zero-order valence-electron chi connectivity index (χ0n) is 11.5. The van der Waals surface area contributed by atoms with Crippen LogP contribution in [-0.2, 0) is 22.4 Å². The quantitative estimate of drug-likeness (QED) is 0.828. The van der Waals surface area contributed by atoms with Gasteiger partial charge in [-0.3, -0.25) is 5.43 Å². The number of carbonyl (C=O) groups excluding carboxylic acids is 1. The van der Waals surface area contributed by atoms with E-state index in [0.29, 0.717) is 18.7 Å². The summed E-state index contributed by atoms with van der Waals surface area (Å²) in [5.74, 6) is -0.334. The fourth-order valence-corrected chi connectivity index (χ4v) is 2.12. The number of aryl methyl sites for hydroxylation is 1. The van der Waals surface area contributed by atoms with Gasteiger partial charge >= 0.3 is 5.97 Å². The number of nitrogens with one attached hydrogen (secondary N) is 1. The molecule has 4 heteroatoms. The van der Waals surface area contributed by atoms with Crippen molar-refractivity contribution >= 4 is 17.4 Å². The van der Waals surface area contributed by atoms with Crippen LogP contribution in [0.15, 0.2) is 23.3 Å². The first kappa shape index (κ1) is 13.6. The summed E-state index contributed by atoms with van der Waals surface area (Å²) in [7, 11) is 0. The largest absolute Gasteiger partial charge is 0.461 e. The smallest absolute Gasteiger partial charge is 0.354 e. The van der Waals surface area contributed by atoms with Crippen molar-refractivity contribution < 1.29 is 9.53 Å². The number of carbonyl (C=O) groups is 1. The molecule has 102 valence electrons. The number of fused-ring (bicyclic) bond motifs is 1. The highest BCUT2D eigenvalue weighted by Gasteiger charge is 2.19. The molecular formula is C15H20N2O2. The first-order valence-corrected chi connectivity index (χ1v) is 6.86. The molecule has 4 nitrogen and oxygen atoms in total. The number of nitrogens with zero attached hydrogens (tertiary/aromatic N) is 1. The van der Waals surface area contributed by atoms with Crippen molar-refractivity contribution in [3.05, 3.63) is 29.3 Å². The standard InChI is InChI=1S/C15H20N2O2/c1-3-5-6-11-7-8-13-12(9-11)10-14(17-16-13)15(18)19-4-2/h7-9,16H,3-6,10H2,1-2H3. The van der Waals surface area contributed by atoms with Gasteiger partial charge < -0.3 is 4.74 Å². The summed E-state index contributed by atoms with van der Waals surface area (Å²) in [6.45, 7) is 4.36. The van der Waals surface area contributed by atoms with E-state index in [0.717, 1.165) is 17.7 Å². The van der Waals surface area contributed by atoms with Crippen LogP contribution in [0.1, 0.15) is 37.8 Å². The van der Waals surface area contributed by atoms with E-state index in [4.69, 9.17) is 4.74 Å². The molecule has 0 saturated heterocycles. The van der Waals surface area contributed by atoms with Crippen LogP contribution < -0.4 is 5.43 Å². The number of hydrogen-bond acceptors (Lipinski definition) is 4. The van der Waals surface area contributed by atoms with Crippen LogP contribution in [0.5, 0.6) is 0 Å². The normalized spacial score (nSPS) is 13.3. The second kappa shape index (κ2) is 6.36. The van der Waals surface area contributed by atoms with Gasteiger partial charge in [-0.15, -0.1) is 0 Å². The number of benzene rings is 1. The summed E-state index contributed by atoms with van der Waals surface area (Å²) in [5.41, 5.74) is 6.78. The molecule has 0 unspecified atom stereocenters. The second-order valence-electron chi connectivity index (χ2n) is 4.66. The molecule has 0 aromatic heterocycles. The Morgan fingerprint density at radius 2 is 2.26 bits per heavy atom. The molecule has 19 heavy (non-hydrogen) atoms. The number of hydrazone groups is 1. The number of ether oxygens (including phenoxy) is 1. The Hall–Kier alpha value is -1.84. The molecule has 0 aliphatic carbocycles. The highest BCUT2D eigenvalue weighted by atomic mass is 16.5. The predicted molar refractivity (Wildman–Crippen MR) is 76.4 cm³/mol. The minimum Gasteiger partial charge on any atom is -0.461 e. The van der Waals surface area contributed by atoms with Gasteiger partial charge in [-0.2, -0.15) is 5.10 Å². The van der Waals surface area contributed by atoms with E-state index in [1.165, 1.54) is 18.4 Å². The molecule has 2 rings (SSSR count). The number of esters is 1. The van der Waals surface area contributed by atoms with Crippen molar-refractivity contribution in [3.8, 4) is 0 Å². The van der Waals surface area contributed by atoms with Crippen molar-refractivity contribution in [2.75, 3.05) is 12.0 Å². The minimum atomic E-state index is -0.334. The van der Waals surface area contributed by atoms with Crippen LogP contribution in [0.2, 0.25) is 0 Å². The van der Waals surface area contributed by atoms with Crippen LogP contribution in [0.25, 0.3) is 0 Å². The molecule has 1 aromatic rings. The third kappa shape index (κ3) is 3.34. The fourth-order valence-electron chi connectivity index (χ4n) is 2.12. The lowest BCUT2D eigenvalue weighted by atomic mass is 9.99. The maximum atomic E-state index is 11.7. The van der Waals surface area contributed by atoms with Gasteiger partial charge in [-0.25, -0.2) is 4.79 Å². The molecule has 0 saturated carbocycles. The Balaban J connectivity index is 2.10. The van der Waals surface area contributed by atoms with Gasteiger partial charge in [0.25, 0.3) is 0 Å². The molecule has 0 atom stereocenters. The van der Waals surface area contributed by atoms with Crippen LogP contribution in [0.4, 0.5) is 5.69 Å². The van der Waals surface area contributed by atoms with E-state index in [-0.39, 0.29) is 5.97 Å². The number of hydrogen-bond donors (Lipinski definition) is 1. The zero-order chi connectivity index (χ0) is 13.7. The first-order chi connectivity index (χ1) is 9.24. The van der Waals surface area contributed by atoms with E-state index in [9.17, 15) is 4.79 Å². The van der Waals surface area contributed by atoms with Gasteiger partial charge in [0.05, 0.1) is 12.3 Å². The molecule has 1 aliphatic heterocycles. The average Bonchev–Trinajstić information content (AvgIpc) is 2.44. The van der Waals surface area contributed by atoms with E-state index in [2.05, 4.69) is 29.6 Å². The summed E-state index contributed by atoms with van der Waals surface area (Å²) in [6.07, 6.45) is 3.99. The summed E-state index contributed by atoms with van der Waals surface area (Å²) < 4.78 is 4.98. The third-order valence-electron chi connectivity index (χ3n) is 3.17. The van der Waals surface area contributed by atoms with Gasteiger partial charge in [0.1, 0.15) is 5.71 Å². The van der Waals surface area contributed by atoms with Gasteiger partial charge in [0.2, 0.25) is 0 Å². The van der Waals surface area contributed by atoms with E-state index in [1.54, 1.807) is 6.92 Å². The molecule has 1 aliphatic rings. The predicted octanol–water partition coefficient (Wildman–Crippen LogP) is 2.92. The Kier molecular flexibility index (Phi) is 4.55. The SMILES string of the molecule is CCCCc1ccc2c(c1)CC(C(=O)OCC)=NN2. The Morgan fingerprint density at radius 3 is 3.00 bits per heavy atom. The van der Waals surface area contributed by atoms with Gasteiger partial charge in [0.15, 0.2) is 0 Å². The zero-order valence-corrected chi connectivity index (χ0v) is 11.5. The molecule has 1 heterocycles. The van der Waals surface area contributed by atoms with E-state index < -0.39 is 0 Å². The van der Waals surface area contributed by atoms with Crippen molar-refractivity contribution in [2.45, 2.75) is 39.5 Å². The fraction of sp³-hybridized carbons (Fsp3) is 0.467. The molecule has 1 N–H and O–H groups in total. The molecular weight excluding hydrogens is 240 g/mol. The van der Waals surface area contributed by atoms with Crippen LogP contribution in [0.3, 0.4) is 0 Å². The molecule has 0 radical (unpaired) electrons. The maximum absolute atomic E-state index is 11.7. The molecule has 0 bridgehead atoms. The Labute approximate surface area is 113 Å². The highest BCUT2D eigenvalue weighted by Crippen LogP contribution is 2.23. The summed E-state index contributed by atoms with van der Waals surface area (Å²) in [6, 6.07) is 6.31. The van der Waals surface area contributed by atoms with Crippen molar-refractivity contribution in [1.29, 1.82) is 0 Å². The van der Waals surface area contributed by atoms with Crippen molar-refractivity contribution in [3.63, 3.8) is 0 Å². The summed E-state index contributed by atoms with van der Waals surface area (Å²) >= 11 is 0. The number of unbranched alkanes of at least 4 members (excludes halogenated alkanes) is 1. The lowest BCUT2D eigenvalue weighted by molar-refractivity contribution is -0.135. The van der Waals surface area contributed by atoms with E-state index >= 15 is 0 Å². The molecule has 0 amide bonds. The Bertz CT molecular complexity index is 495. The maximum Gasteiger partial charge on any atom is 0.354 e. The van der Waals surface area contributed by atoms with Crippen LogP contribution in [-0.4, -0.2) is 18.3 Å². The van der Waals surface area contributed by atoms with Crippen LogP contribution >= 0.6 is 0 Å². The number of rotatable bonds is 5. The average molecular weight is 260 g/mol. The molecule has 0 spiro atoms. The van der Waals surface area contributed by atoms with Crippen LogP contribution in [0, 0.1) is 0 Å². The van der Waals surface area contributed by atoms with Crippen molar-refractivity contribution in [2.24, 2.45) is 5.10 Å². The van der Waals surface area contributed by atoms with Gasteiger partial charge in [-0.1, -0.05) is 25.5 Å². The second-order valence-corrected chi connectivity index (χ2v) is 4.66. The lowest BCUT2D eigenvalue weighted by Crippen LogP contribution is -2.24. The van der Waals surface area contributed by atoms with Gasteiger partial charge in [-0.05, 0) is 37.0 Å². The topological polar surface area (TPSA) is 50.7 Å². The van der Waals surface area contributed by atoms with E-state index in [1.807, 2.05) is 6.07 Å². The monoisotopic (exact) mass is 260 g/mol. The third-order valence-corrected chi connectivity index (χ3v) is 3.17. The summed E-state index contributed by atoms with van der Waals surface area (Å²) in [4.78, 5) is 11.7. The lowest BCUT2D eigenvalue weighted by Gasteiger charge is -2.17. The minimum absolute atomic E-state index is 0.334. The highest BCUT2D eigenvalue weighted by molar-refractivity contribution is 6.37.